The van der Waals surface area contributed by atoms with Gasteiger partial charge >= 0.3 is 5.97 Å². The highest BCUT2D eigenvalue weighted by atomic mass is 16.5. The lowest BCUT2D eigenvalue weighted by Gasteiger charge is -2.39. The van der Waals surface area contributed by atoms with Crippen LogP contribution in [0, 0.1) is 5.41 Å². The number of pyridine rings is 1. The number of carboxylic acid groups (broad SMARTS) is 1. The number of methoxy groups -OCH3 is 1. The summed E-state index contributed by atoms with van der Waals surface area (Å²) in [5.41, 5.74) is 3.72. The highest BCUT2D eigenvalue weighted by Gasteiger charge is 2.34. The first-order chi connectivity index (χ1) is 18.2. The average molecular weight is 518 g/mol. The van der Waals surface area contributed by atoms with Crippen LogP contribution in [0.2, 0.25) is 0 Å². The number of aromatic nitrogens is 1. The number of nitrogens with zero attached hydrogens (tertiary/aromatic N) is 1. The van der Waals surface area contributed by atoms with Gasteiger partial charge in [0.25, 0.3) is 0 Å². The number of hydrogen-bond acceptors (Lipinski definition) is 5. The maximum atomic E-state index is 12.8. The molecule has 5 rings (SSSR count). The standard InChI is InChI=1S/C31H35NO6/c1-31(2,3)29-15-20-14-28(37-13-5-12-36-4)24(19-6-8-21(9-7-19)38-22-10-11-22)16-23(20)26-17-27(33)25(30(34)35)18-32(26)29/h6-9,14,16-18,22,29H,5,10-13,15H2,1-4H3,(H,34,35)/t29-/m0/s1. The van der Waals surface area contributed by atoms with Crippen molar-refractivity contribution in [3.8, 4) is 33.9 Å². The van der Waals surface area contributed by atoms with Gasteiger partial charge in [0.15, 0.2) is 5.43 Å². The van der Waals surface area contributed by atoms with E-state index in [1.807, 2.05) is 28.8 Å². The minimum absolute atomic E-state index is 0.0326. The van der Waals surface area contributed by atoms with Gasteiger partial charge in [-0.25, -0.2) is 4.79 Å². The smallest absolute Gasteiger partial charge is 0.341 e. The average Bonchev–Trinajstić information content (AvgIpc) is 3.69. The number of ether oxygens (including phenoxy) is 3. The fourth-order valence-corrected chi connectivity index (χ4v) is 5.07. The van der Waals surface area contributed by atoms with E-state index in [4.69, 9.17) is 14.2 Å². The fourth-order valence-electron chi connectivity index (χ4n) is 5.07. The van der Waals surface area contributed by atoms with Crippen LogP contribution in [0.15, 0.2) is 53.5 Å². The minimum Gasteiger partial charge on any atom is -0.493 e. The number of hydrogen-bond donors (Lipinski definition) is 1. The van der Waals surface area contributed by atoms with E-state index >= 15 is 0 Å². The first kappa shape index (κ1) is 26.0. The van der Waals surface area contributed by atoms with Crippen molar-refractivity contribution in [2.45, 2.75) is 58.6 Å². The van der Waals surface area contributed by atoms with Crippen LogP contribution in [0.1, 0.15) is 62.0 Å². The number of rotatable bonds is 9. The predicted molar refractivity (Wildman–Crippen MR) is 146 cm³/mol. The molecule has 1 aliphatic heterocycles. The van der Waals surface area contributed by atoms with Crippen LogP contribution in [-0.2, 0) is 11.2 Å². The molecule has 38 heavy (non-hydrogen) atoms. The molecule has 0 saturated heterocycles. The van der Waals surface area contributed by atoms with E-state index in [1.165, 1.54) is 12.3 Å². The second-order valence-electron chi connectivity index (χ2n) is 11.3. The van der Waals surface area contributed by atoms with Crippen molar-refractivity contribution in [1.29, 1.82) is 0 Å². The Kier molecular flexibility index (Phi) is 7.05. The Labute approximate surface area is 223 Å². The Hall–Kier alpha value is -3.58. The topological polar surface area (TPSA) is 87.0 Å². The Morgan fingerprint density at radius 3 is 2.42 bits per heavy atom. The summed E-state index contributed by atoms with van der Waals surface area (Å²) in [6, 6.07) is 13.6. The van der Waals surface area contributed by atoms with Crippen molar-refractivity contribution in [1.82, 2.24) is 4.57 Å². The lowest BCUT2D eigenvalue weighted by Crippen LogP contribution is -2.32. The number of fused-ring (bicyclic) bond motifs is 3. The lowest BCUT2D eigenvalue weighted by atomic mass is 9.78. The summed E-state index contributed by atoms with van der Waals surface area (Å²) in [4.78, 5) is 24.6. The van der Waals surface area contributed by atoms with Crippen LogP contribution in [0.4, 0.5) is 0 Å². The molecule has 1 saturated carbocycles. The molecule has 1 aromatic heterocycles. The summed E-state index contributed by atoms with van der Waals surface area (Å²) < 4.78 is 19.4. The van der Waals surface area contributed by atoms with Crippen LogP contribution in [0.3, 0.4) is 0 Å². The van der Waals surface area contributed by atoms with E-state index in [0.29, 0.717) is 25.7 Å². The van der Waals surface area contributed by atoms with Gasteiger partial charge in [0.2, 0.25) is 0 Å². The van der Waals surface area contributed by atoms with E-state index in [2.05, 4.69) is 32.9 Å². The molecule has 2 aliphatic rings. The first-order valence-electron chi connectivity index (χ1n) is 13.2. The zero-order chi connectivity index (χ0) is 27.0. The Morgan fingerprint density at radius 1 is 1.05 bits per heavy atom. The van der Waals surface area contributed by atoms with E-state index in [1.54, 1.807) is 7.11 Å². The molecular formula is C31H35NO6. The van der Waals surface area contributed by atoms with Crippen molar-refractivity contribution >= 4 is 5.97 Å². The van der Waals surface area contributed by atoms with Gasteiger partial charge < -0.3 is 23.9 Å². The molecule has 1 aliphatic carbocycles. The highest BCUT2D eigenvalue weighted by Crippen LogP contribution is 2.46. The maximum Gasteiger partial charge on any atom is 0.341 e. The third kappa shape index (κ3) is 5.34. The summed E-state index contributed by atoms with van der Waals surface area (Å²) in [5, 5.41) is 9.63. The van der Waals surface area contributed by atoms with Crippen molar-refractivity contribution in [3.63, 3.8) is 0 Å². The van der Waals surface area contributed by atoms with E-state index in [0.717, 1.165) is 58.7 Å². The molecule has 0 unspecified atom stereocenters. The fraction of sp³-hybridized carbons (Fsp3) is 0.419. The highest BCUT2D eigenvalue weighted by molar-refractivity contribution is 5.88. The van der Waals surface area contributed by atoms with Gasteiger partial charge in [-0.1, -0.05) is 32.9 Å². The number of benzene rings is 2. The van der Waals surface area contributed by atoms with Crippen LogP contribution in [0.5, 0.6) is 11.5 Å². The van der Waals surface area contributed by atoms with Crippen molar-refractivity contribution in [2.75, 3.05) is 20.3 Å². The third-order valence-electron chi connectivity index (χ3n) is 7.28. The number of carboxylic acids is 1. The monoisotopic (exact) mass is 517 g/mol. The zero-order valence-corrected chi connectivity index (χ0v) is 22.5. The molecule has 7 heteroatoms. The quantitative estimate of drug-likeness (QED) is 0.352. The molecule has 7 nitrogen and oxygen atoms in total. The van der Waals surface area contributed by atoms with Crippen LogP contribution < -0.4 is 14.9 Å². The first-order valence-corrected chi connectivity index (χ1v) is 13.2. The summed E-state index contributed by atoms with van der Waals surface area (Å²) in [6.07, 6.45) is 5.50. The molecule has 200 valence electrons. The van der Waals surface area contributed by atoms with Crippen LogP contribution >= 0.6 is 0 Å². The van der Waals surface area contributed by atoms with Gasteiger partial charge in [-0.2, -0.15) is 0 Å². The molecule has 0 spiro atoms. The molecular weight excluding hydrogens is 482 g/mol. The van der Waals surface area contributed by atoms with Crippen molar-refractivity contribution in [2.24, 2.45) is 5.41 Å². The predicted octanol–water partition coefficient (Wildman–Crippen LogP) is 5.98. The Morgan fingerprint density at radius 2 is 1.79 bits per heavy atom. The molecule has 1 atom stereocenters. The van der Waals surface area contributed by atoms with E-state index in [9.17, 15) is 14.7 Å². The number of carbonyl (C=O) groups is 1. The second kappa shape index (κ2) is 10.3. The lowest BCUT2D eigenvalue weighted by molar-refractivity contribution is 0.0693. The third-order valence-corrected chi connectivity index (χ3v) is 7.28. The molecule has 2 heterocycles. The minimum atomic E-state index is -1.21. The van der Waals surface area contributed by atoms with Crippen LogP contribution in [0.25, 0.3) is 22.4 Å². The van der Waals surface area contributed by atoms with Crippen LogP contribution in [-0.4, -0.2) is 42.1 Å². The second-order valence-corrected chi connectivity index (χ2v) is 11.3. The SMILES string of the molecule is COCCCOc1cc2c(cc1-c1ccc(OC3CC3)cc1)-c1cc(=O)c(C(=O)O)cn1[C@H](C(C)(C)C)C2. The summed E-state index contributed by atoms with van der Waals surface area (Å²) in [6.45, 7) is 7.53. The van der Waals surface area contributed by atoms with E-state index in [-0.39, 0.29) is 17.0 Å². The Bertz CT molecular complexity index is 1400. The molecule has 2 aromatic carbocycles. The zero-order valence-electron chi connectivity index (χ0n) is 22.5. The summed E-state index contributed by atoms with van der Waals surface area (Å²) >= 11 is 0. The molecule has 0 bridgehead atoms. The summed E-state index contributed by atoms with van der Waals surface area (Å²) in [5.74, 6) is 0.418. The molecule has 1 N–H and O–H groups in total. The van der Waals surface area contributed by atoms with Gasteiger partial charge in [-0.05, 0) is 60.1 Å². The Balaban J connectivity index is 1.63. The van der Waals surface area contributed by atoms with Gasteiger partial charge in [0, 0.05) is 49.6 Å². The maximum absolute atomic E-state index is 12.8. The molecule has 3 aromatic rings. The normalized spacial score (nSPS) is 16.5. The van der Waals surface area contributed by atoms with Crippen molar-refractivity contribution < 1.29 is 24.1 Å². The largest absolute Gasteiger partial charge is 0.493 e. The van der Waals surface area contributed by atoms with Gasteiger partial charge in [0.1, 0.15) is 17.1 Å². The summed E-state index contributed by atoms with van der Waals surface area (Å²) in [7, 11) is 1.68. The number of aromatic carboxylic acids is 1. The van der Waals surface area contributed by atoms with Gasteiger partial charge in [-0.15, -0.1) is 0 Å². The van der Waals surface area contributed by atoms with Gasteiger partial charge in [0.05, 0.1) is 18.4 Å². The molecule has 0 radical (unpaired) electrons. The van der Waals surface area contributed by atoms with E-state index < -0.39 is 11.4 Å². The molecule has 1 fully saturated rings. The van der Waals surface area contributed by atoms with Gasteiger partial charge in [-0.3, -0.25) is 4.79 Å². The molecule has 0 amide bonds. The van der Waals surface area contributed by atoms with Crippen molar-refractivity contribution in [3.05, 3.63) is 70.0 Å².